The van der Waals surface area contributed by atoms with Crippen molar-refractivity contribution in [3.63, 3.8) is 0 Å². The molecule has 0 atom stereocenters. The van der Waals surface area contributed by atoms with Gasteiger partial charge in [-0.05, 0) is 19.6 Å². The number of nitrogens with one attached hydrogen (secondary N) is 1. The van der Waals surface area contributed by atoms with Crippen LogP contribution in [0.15, 0.2) is 27.8 Å². The van der Waals surface area contributed by atoms with Gasteiger partial charge in [-0.25, -0.2) is 9.97 Å². The summed E-state index contributed by atoms with van der Waals surface area (Å²) in [6, 6.07) is 0. The second-order valence-corrected chi connectivity index (χ2v) is 4.97. The van der Waals surface area contributed by atoms with Gasteiger partial charge in [0.05, 0.1) is 5.03 Å². The van der Waals surface area contributed by atoms with Gasteiger partial charge in [-0.1, -0.05) is 23.2 Å². The lowest BCUT2D eigenvalue weighted by molar-refractivity contribution is -0.389. The summed E-state index contributed by atoms with van der Waals surface area (Å²) in [5.74, 6) is -4.46. The number of aliphatic hydroxyl groups excluding tert-OH is 1. The first-order valence-corrected chi connectivity index (χ1v) is 6.49. The first-order valence-electron chi connectivity index (χ1n) is 5.74. The van der Waals surface area contributed by atoms with Crippen LogP contribution in [0.2, 0.25) is 0 Å². The van der Waals surface area contributed by atoms with Crippen molar-refractivity contribution in [2.24, 2.45) is 0 Å². The fraction of sp³-hybridized carbons (Fsp3) is 0.231. The topological polar surface area (TPSA) is 104 Å². The molecule has 112 valence electrons. The Labute approximate surface area is 130 Å². The summed E-state index contributed by atoms with van der Waals surface area (Å²) in [6.07, 6.45) is 1.91. The van der Waals surface area contributed by atoms with Crippen molar-refractivity contribution in [3.05, 3.63) is 44.9 Å². The van der Waals surface area contributed by atoms with E-state index >= 15 is 0 Å². The summed E-state index contributed by atoms with van der Waals surface area (Å²) in [5, 5.41) is 17.9. The van der Waals surface area contributed by atoms with E-state index in [1.807, 2.05) is 27.0 Å². The standard InChI is InChI=1S/C7H10N2.C6H2Cl2O4/c1-5-4-8-6(2)7(3)9-5;7-1-3(9)5(11)2(8)6(12)4(1)10/h4H,1-3H3;9,12H. The maximum Gasteiger partial charge on any atom is 0.239 e. The predicted octanol–water partition coefficient (Wildman–Crippen LogP) is 0.778. The first kappa shape index (κ1) is 17.1. The molecule has 8 heteroatoms. The molecule has 0 spiro atoms. The highest BCUT2D eigenvalue weighted by Gasteiger charge is 2.28. The van der Waals surface area contributed by atoms with Crippen LogP contribution in [-0.2, 0) is 9.59 Å². The van der Waals surface area contributed by atoms with Gasteiger partial charge < -0.3 is 10.2 Å². The second kappa shape index (κ2) is 6.69. The number of H-pyrrole nitrogens is 1. The van der Waals surface area contributed by atoms with Crippen LogP contribution in [0.1, 0.15) is 17.1 Å². The summed E-state index contributed by atoms with van der Waals surface area (Å²) >= 11 is 10.3. The summed E-state index contributed by atoms with van der Waals surface area (Å²) in [5.41, 5.74) is 3.26. The van der Waals surface area contributed by atoms with Gasteiger partial charge in [0.25, 0.3) is 0 Å². The Kier molecular flexibility index (Phi) is 5.46. The Balaban J connectivity index is 0.000000219. The number of aliphatic hydroxyl groups is 1. The molecule has 1 aliphatic carbocycles. The molecule has 1 heterocycles. The Morgan fingerprint density at radius 3 is 2.19 bits per heavy atom. The van der Waals surface area contributed by atoms with Crippen molar-refractivity contribution >= 4 is 34.8 Å². The van der Waals surface area contributed by atoms with E-state index in [4.69, 9.17) is 28.3 Å². The van der Waals surface area contributed by atoms with Crippen molar-refractivity contribution in [2.75, 3.05) is 0 Å². The normalized spacial score (nSPS) is 15.1. The molecular weight excluding hydrogens is 319 g/mol. The highest BCUT2D eigenvalue weighted by molar-refractivity contribution is 6.55. The van der Waals surface area contributed by atoms with E-state index in [0.717, 1.165) is 17.1 Å². The number of Topliss-reactive ketones (excluding diaryl/α,β-unsaturated/α-hetero) is 2. The summed E-state index contributed by atoms with van der Waals surface area (Å²) in [4.78, 5) is 28.8. The highest BCUT2D eigenvalue weighted by Crippen LogP contribution is 2.24. The van der Waals surface area contributed by atoms with Crippen molar-refractivity contribution in [3.8, 4) is 0 Å². The molecule has 6 nitrogen and oxygen atoms in total. The largest absolute Gasteiger partial charge is 0.869 e. The molecular formula is C13H12Cl2N2O4. The van der Waals surface area contributed by atoms with Crippen LogP contribution in [0.5, 0.6) is 0 Å². The maximum atomic E-state index is 10.8. The van der Waals surface area contributed by atoms with Crippen LogP contribution in [0.4, 0.5) is 0 Å². The lowest BCUT2D eigenvalue weighted by Gasteiger charge is -2.17. The molecule has 0 fully saturated rings. The number of nitrogens with zero attached hydrogens (tertiary/aromatic N) is 1. The molecule has 0 amide bonds. The number of aromatic nitrogens is 2. The van der Waals surface area contributed by atoms with Crippen molar-refractivity contribution in [2.45, 2.75) is 20.8 Å². The zero-order chi connectivity index (χ0) is 16.3. The Bertz CT molecular complexity index is 619. The van der Waals surface area contributed by atoms with Crippen molar-refractivity contribution in [1.29, 1.82) is 0 Å². The lowest BCUT2D eigenvalue weighted by Crippen LogP contribution is -2.26. The second-order valence-electron chi connectivity index (χ2n) is 4.22. The quantitative estimate of drug-likeness (QED) is 0.707. The lowest BCUT2D eigenvalue weighted by atomic mass is 10.1. The average Bonchev–Trinajstić information content (AvgIpc) is 2.46. The molecule has 1 aromatic rings. The zero-order valence-corrected chi connectivity index (χ0v) is 13.0. The third-order valence-electron chi connectivity index (χ3n) is 2.61. The third-order valence-corrected chi connectivity index (χ3v) is 3.31. The van der Waals surface area contributed by atoms with Crippen LogP contribution in [0.25, 0.3) is 0 Å². The molecule has 1 aromatic heterocycles. The fourth-order valence-electron chi connectivity index (χ4n) is 1.31. The van der Waals surface area contributed by atoms with E-state index in [1.165, 1.54) is 0 Å². The number of ketones is 2. The predicted molar refractivity (Wildman–Crippen MR) is 73.4 cm³/mol. The molecule has 0 saturated carbocycles. The van der Waals surface area contributed by atoms with Gasteiger partial charge in [-0.15, -0.1) is 0 Å². The number of hydrogen-bond acceptors (Lipinski definition) is 5. The smallest absolute Gasteiger partial charge is 0.239 e. The molecule has 2 rings (SSSR count). The van der Waals surface area contributed by atoms with Gasteiger partial charge in [0.15, 0.2) is 23.4 Å². The van der Waals surface area contributed by atoms with E-state index in [0.29, 0.717) is 0 Å². The van der Waals surface area contributed by atoms with Gasteiger partial charge in [0, 0.05) is 6.92 Å². The van der Waals surface area contributed by atoms with Crippen molar-refractivity contribution < 1.29 is 24.8 Å². The number of aromatic amines is 1. The van der Waals surface area contributed by atoms with Gasteiger partial charge >= 0.3 is 0 Å². The van der Waals surface area contributed by atoms with Crippen LogP contribution in [-0.4, -0.2) is 21.7 Å². The van der Waals surface area contributed by atoms with E-state index in [9.17, 15) is 14.7 Å². The summed E-state index contributed by atoms with van der Waals surface area (Å²) in [6.45, 7) is 5.99. The SMILES string of the molecule is Cc1c[nH+]c(C)c(C)n1.O=C1C(O)=C(Cl)C(=O)C([O-])=C1Cl. The minimum atomic E-state index is -1.19. The van der Waals surface area contributed by atoms with Gasteiger partial charge in [-0.3, -0.25) is 9.59 Å². The molecule has 1 aliphatic rings. The van der Waals surface area contributed by atoms with Crippen LogP contribution in [0, 0.1) is 20.8 Å². The number of rotatable bonds is 0. The van der Waals surface area contributed by atoms with Crippen LogP contribution >= 0.6 is 23.2 Å². The molecule has 0 aliphatic heterocycles. The number of hydrogen-bond donors (Lipinski definition) is 1. The molecule has 0 aromatic carbocycles. The summed E-state index contributed by atoms with van der Waals surface area (Å²) < 4.78 is 0. The monoisotopic (exact) mass is 330 g/mol. The van der Waals surface area contributed by atoms with E-state index in [-0.39, 0.29) is 0 Å². The number of carbonyl (C=O) groups excluding carboxylic acids is 2. The van der Waals surface area contributed by atoms with Gasteiger partial charge in [0.2, 0.25) is 5.78 Å². The number of carbonyl (C=O) groups is 2. The van der Waals surface area contributed by atoms with Gasteiger partial charge in [0.1, 0.15) is 16.4 Å². The third kappa shape index (κ3) is 3.80. The number of halogens is 2. The Hall–Kier alpha value is -1.92. The first-order chi connectivity index (χ1) is 9.66. The maximum absolute atomic E-state index is 10.8. The van der Waals surface area contributed by atoms with Crippen LogP contribution < -0.4 is 10.1 Å². The fourth-order valence-corrected chi connectivity index (χ4v) is 1.66. The molecule has 2 N–H and O–H groups in total. The van der Waals surface area contributed by atoms with Crippen molar-refractivity contribution in [1.82, 2.24) is 4.98 Å². The average molecular weight is 331 g/mol. The molecule has 0 saturated heterocycles. The Morgan fingerprint density at radius 2 is 1.71 bits per heavy atom. The van der Waals surface area contributed by atoms with E-state index in [2.05, 4.69) is 9.97 Å². The Morgan fingerprint density at radius 1 is 1.14 bits per heavy atom. The number of aryl methyl sites for hydroxylation is 3. The minimum Gasteiger partial charge on any atom is -0.869 e. The van der Waals surface area contributed by atoms with Gasteiger partial charge in [-0.2, -0.15) is 0 Å². The molecule has 0 unspecified atom stereocenters. The van der Waals surface area contributed by atoms with E-state index < -0.39 is 33.1 Å². The molecule has 0 bridgehead atoms. The molecule has 21 heavy (non-hydrogen) atoms. The van der Waals surface area contributed by atoms with E-state index in [1.54, 1.807) is 0 Å². The highest BCUT2D eigenvalue weighted by atomic mass is 35.5. The summed E-state index contributed by atoms with van der Waals surface area (Å²) in [7, 11) is 0. The minimum absolute atomic E-state index is 0.783. The zero-order valence-electron chi connectivity index (χ0n) is 11.5. The molecule has 0 radical (unpaired) electrons. The van der Waals surface area contributed by atoms with Crippen LogP contribution in [0.3, 0.4) is 0 Å². The number of allylic oxidation sites excluding steroid dienone is 2.